The number of hydrogen-bond acceptors (Lipinski definition) is 4. The van der Waals surface area contributed by atoms with Crippen LogP contribution < -0.4 is 5.32 Å². The number of carbonyl (C=O) groups excluding carboxylic acids is 1. The first kappa shape index (κ1) is 15.0. The van der Waals surface area contributed by atoms with Crippen molar-refractivity contribution in [1.29, 1.82) is 0 Å². The van der Waals surface area contributed by atoms with Crippen molar-refractivity contribution < 1.29 is 18.0 Å². The molecule has 0 aromatic carbocycles. The van der Waals surface area contributed by atoms with Crippen molar-refractivity contribution in [3.8, 4) is 0 Å². The van der Waals surface area contributed by atoms with Gasteiger partial charge in [-0.15, -0.1) is 0 Å². The van der Waals surface area contributed by atoms with Crippen LogP contribution >= 0.6 is 11.5 Å². The molecule has 2 aromatic rings. The Labute approximate surface area is 128 Å². The maximum Gasteiger partial charge on any atom is 0.434 e. The summed E-state index contributed by atoms with van der Waals surface area (Å²) in [7, 11) is 0. The highest BCUT2D eigenvalue weighted by Crippen LogP contribution is 2.30. The molecule has 1 unspecified atom stereocenters. The second-order valence-corrected chi connectivity index (χ2v) is 5.86. The van der Waals surface area contributed by atoms with Crippen molar-refractivity contribution >= 4 is 17.4 Å². The highest BCUT2D eigenvalue weighted by atomic mass is 32.1. The van der Waals surface area contributed by atoms with Crippen molar-refractivity contribution in [2.24, 2.45) is 5.92 Å². The van der Waals surface area contributed by atoms with E-state index in [0.29, 0.717) is 37.4 Å². The fourth-order valence-electron chi connectivity index (χ4n) is 2.47. The lowest BCUT2D eigenvalue weighted by atomic mass is 9.99. The van der Waals surface area contributed by atoms with Crippen molar-refractivity contribution in [3.05, 3.63) is 34.9 Å². The SMILES string of the molecule is O=C(NCC1CCc2nc(C(F)(F)F)cn2C1)c1ccsn1. The molecule has 0 fully saturated rings. The molecule has 5 nitrogen and oxygen atoms in total. The number of rotatable bonds is 3. The highest BCUT2D eigenvalue weighted by Gasteiger charge is 2.35. The van der Waals surface area contributed by atoms with Gasteiger partial charge in [-0.3, -0.25) is 4.79 Å². The Morgan fingerprint density at radius 3 is 3.00 bits per heavy atom. The van der Waals surface area contributed by atoms with Gasteiger partial charge in [-0.1, -0.05) is 0 Å². The molecule has 0 aliphatic carbocycles. The van der Waals surface area contributed by atoms with Crippen molar-refractivity contribution in [2.45, 2.75) is 25.6 Å². The summed E-state index contributed by atoms with van der Waals surface area (Å²) in [6.07, 6.45) is -2.19. The van der Waals surface area contributed by atoms with E-state index in [4.69, 9.17) is 0 Å². The van der Waals surface area contributed by atoms with Crippen molar-refractivity contribution in [1.82, 2.24) is 19.2 Å². The van der Waals surface area contributed by atoms with Crippen LogP contribution in [0.25, 0.3) is 0 Å². The van der Waals surface area contributed by atoms with Gasteiger partial charge in [0.1, 0.15) is 11.5 Å². The molecule has 1 atom stereocenters. The molecule has 3 heterocycles. The van der Waals surface area contributed by atoms with E-state index in [-0.39, 0.29) is 11.8 Å². The fourth-order valence-corrected chi connectivity index (χ4v) is 2.98. The molecule has 1 aliphatic heterocycles. The first-order valence-electron chi connectivity index (χ1n) is 6.75. The summed E-state index contributed by atoms with van der Waals surface area (Å²) in [5.41, 5.74) is -0.488. The summed E-state index contributed by atoms with van der Waals surface area (Å²) in [6.45, 7) is 0.838. The zero-order valence-electron chi connectivity index (χ0n) is 11.4. The molecule has 0 bridgehead atoms. The van der Waals surface area contributed by atoms with Gasteiger partial charge in [0.25, 0.3) is 5.91 Å². The minimum absolute atomic E-state index is 0.0883. The number of aryl methyl sites for hydroxylation is 1. The number of alkyl halides is 3. The predicted molar refractivity (Wildman–Crippen MR) is 73.5 cm³/mol. The van der Waals surface area contributed by atoms with E-state index in [2.05, 4.69) is 14.7 Å². The quantitative estimate of drug-likeness (QED) is 0.940. The number of hydrogen-bond donors (Lipinski definition) is 1. The van der Waals surface area contributed by atoms with Crippen LogP contribution in [0.3, 0.4) is 0 Å². The summed E-state index contributed by atoms with van der Waals surface area (Å²) in [5, 5.41) is 4.49. The Balaban J connectivity index is 1.60. The Morgan fingerprint density at radius 2 is 2.32 bits per heavy atom. The molecule has 0 saturated carbocycles. The Morgan fingerprint density at radius 1 is 1.50 bits per heavy atom. The smallest absolute Gasteiger partial charge is 0.350 e. The van der Waals surface area contributed by atoms with Gasteiger partial charge in [-0.25, -0.2) is 4.98 Å². The monoisotopic (exact) mass is 330 g/mol. The van der Waals surface area contributed by atoms with Crippen LogP contribution in [0.15, 0.2) is 17.6 Å². The Hall–Kier alpha value is -1.90. The lowest BCUT2D eigenvalue weighted by Crippen LogP contribution is -2.33. The van der Waals surface area contributed by atoms with E-state index in [1.54, 1.807) is 11.4 Å². The van der Waals surface area contributed by atoms with E-state index >= 15 is 0 Å². The average Bonchev–Trinajstić information content (AvgIpc) is 3.12. The van der Waals surface area contributed by atoms with Crippen LogP contribution in [-0.4, -0.2) is 26.4 Å². The molecular formula is C13H13F3N4OS. The van der Waals surface area contributed by atoms with Crippen LogP contribution in [0, 0.1) is 5.92 Å². The van der Waals surface area contributed by atoms with Gasteiger partial charge < -0.3 is 9.88 Å². The van der Waals surface area contributed by atoms with E-state index in [9.17, 15) is 18.0 Å². The topological polar surface area (TPSA) is 59.8 Å². The maximum atomic E-state index is 12.6. The predicted octanol–water partition coefficient (Wildman–Crippen LogP) is 2.35. The summed E-state index contributed by atoms with van der Waals surface area (Å²) in [6, 6.07) is 1.63. The number of carbonyl (C=O) groups is 1. The number of imidazole rings is 1. The molecule has 1 aliphatic rings. The third-order valence-corrected chi connectivity index (χ3v) is 4.16. The van der Waals surface area contributed by atoms with Crippen molar-refractivity contribution in [3.63, 3.8) is 0 Å². The maximum absolute atomic E-state index is 12.6. The number of nitrogens with one attached hydrogen (secondary N) is 1. The fraction of sp³-hybridized carbons (Fsp3) is 0.462. The van der Waals surface area contributed by atoms with Crippen molar-refractivity contribution in [2.75, 3.05) is 6.54 Å². The molecule has 9 heteroatoms. The van der Waals surface area contributed by atoms with E-state index in [1.807, 2.05) is 0 Å². The van der Waals surface area contributed by atoms with Crippen LogP contribution in [0.2, 0.25) is 0 Å². The lowest BCUT2D eigenvalue weighted by Gasteiger charge is -2.23. The standard InChI is InChI=1S/C13H13F3N4OS/c14-13(15,16)10-7-20-6-8(1-2-11(20)18-10)5-17-12(21)9-3-4-22-19-9/h3-4,7-8H,1-2,5-6H2,(H,17,21). The molecule has 3 rings (SSSR count). The van der Waals surface area contributed by atoms with Gasteiger partial charge in [-0.05, 0) is 29.9 Å². The lowest BCUT2D eigenvalue weighted by molar-refractivity contribution is -0.141. The molecule has 2 aromatic heterocycles. The summed E-state index contributed by atoms with van der Waals surface area (Å²) >= 11 is 1.20. The number of halogens is 3. The molecule has 0 saturated heterocycles. The van der Waals surface area contributed by atoms with Gasteiger partial charge >= 0.3 is 6.18 Å². The van der Waals surface area contributed by atoms with Gasteiger partial charge in [0, 0.05) is 31.1 Å². The summed E-state index contributed by atoms with van der Waals surface area (Å²) in [4.78, 5) is 15.4. The van der Waals surface area contributed by atoms with E-state index < -0.39 is 11.9 Å². The largest absolute Gasteiger partial charge is 0.434 e. The first-order valence-corrected chi connectivity index (χ1v) is 7.59. The second kappa shape index (κ2) is 5.71. The molecule has 0 radical (unpaired) electrons. The zero-order chi connectivity index (χ0) is 15.7. The zero-order valence-corrected chi connectivity index (χ0v) is 12.2. The Bertz CT molecular complexity index is 665. The number of aromatic nitrogens is 3. The molecule has 0 spiro atoms. The van der Waals surface area contributed by atoms with E-state index in [0.717, 1.165) is 6.20 Å². The average molecular weight is 330 g/mol. The summed E-state index contributed by atoms with van der Waals surface area (Å²) < 4.78 is 43.4. The summed E-state index contributed by atoms with van der Waals surface area (Å²) in [5.74, 6) is 0.286. The highest BCUT2D eigenvalue weighted by molar-refractivity contribution is 7.03. The number of nitrogens with zero attached hydrogens (tertiary/aromatic N) is 3. The van der Waals surface area contributed by atoms with Crippen LogP contribution in [0.1, 0.15) is 28.4 Å². The number of fused-ring (bicyclic) bond motifs is 1. The third-order valence-electron chi connectivity index (χ3n) is 3.60. The normalized spacial score (nSPS) is 18.0. The first-order chi connectivity index (χ1) is 10.4. The van der Waals surface area contributed by atoms with Gasteiger partial charge in [0.2, 0.25) is 0 Å². The third kappa shape index (κ3) is 3.13. The second-order valence-electron chi connectivity index (χ2n) is 5.19. The molecule has 118 valence electrons. The van der Waals surface area contributed by atoms with Crippen LogP contribution in [0.4, 0.5) is 13.2 Å². The molecular weight excluding hydrogens is 317 g/mol. The minimum atomic E-state index is -4.42. The molecule has 1 N–H and O–H groups in total. The Kier molecular flexibility index (Phi) is 3.90. The number of amides is 1. The van der Waals surface area contributed by atoms with Crippen LogP contribution in [0.5, 0.6) is 0 Å². The van der Waals surface area contributed by atoms with Gasteiger partial charge in [0.15, 0.2) is 5.69 Å². The van der Waals surface area contributed by atoms with E-state index in [1.165, 1.54) is 16.1 Å². The van der Waals surface area contributed by atoms with Gasteiger partial charge in [-0.2, -0.15) is 17.5 Å². The minimum Gasteiger partial charge on any atom is -0.350 e. The van der Waals surface area contributed by atoms with Crippen LogP contribution in [-0.2, 0) is 19.1 Å². The molecule has 1 amide bonds. The molecule has 22 heavy (non-hydrogen) atoms. The van der Waals surface area contributed by atoms with Gasteiger partial charge in [0.05, 0.1) is 0 Å².